The zero-order chi connectivity index (χ0) is 14.8. The summed E-state index contributed by atoms with van der Waals surface area (Å²) in [6.07, 6.45) is 2.23. The Morgan fingerprint density at radius 3 is 2.95 bits per heavy atom. The molecule has 0 aliphatic carbocycles. The van der Waals surface area contributed by atoms with Gasteiger partial charge in [-0.05, 0) is 44.0 Å². The molecule has 0 saturated carbocycles. The lowest BCUT2D eigenvalue weighted by atomic mass is 10.1. The Hall–Kier alpha value is -2.01. The number of nitrogens with zero attached hydrogens (tertiary/aromatic N) is 2. The third kappa shape index (κ3) is 2.88. The van der Waals surface area contributed by atoms with Gasteiger partial charge < -0.3 is 14.4 Å². The molecule has 5 nitrogen and oxygen atoms in total. The van der Waals surface area contributed by atoms with Gasteiger partial charge in [-0.2, -0.15) is 0 Å². The van der Waals surface area contributed by atoms with Gasteiger partial charge in [-0.15, -0.1) is 0 Å². The molecule has 1 fully saturated rings. The van der Waals surface area contributed by atoms with Crippen LogP contribution in [0.3, 0.4) is 0 Å². The van der Waals surface area contributed by atoms with Gasteiger partial charge in [-0.1, -0.05) is 11.2 Å². The van der Waals surface area contributed by atoms with E-state index in [9.17, 15) is 5.11 Å². The Kier molecular flexibility index (Phi) is 3.84. The molecule has 1 aromatic carbocycles. The maximum Gasteiger partial charge on any atom is 0.160 e. The van der Waals surface area contributed by atoms with Crippen LogP contribution in [-0.4, -0.2) is 28.8 Å². The quantitative estimate of drug-likeness (QED) is 0.937. The monoisotopic (exact) mass is 288 g/mol. The first-order valence-corrected chi connectivity index (χ1v) is 7.20. The first-order valence-electron chi connectivity index (χ1n) is 7.20. The lowest BCUT2D eigenvalue weighted by molar-refractivity contribution is 0.206. The molecule has 1 unspecified atom stereocenters. The number of hydrogen-bond donors (Lipinski definition) is 1. The van der Waals surface area contributed by atoms with Crippen molar-refractivity contribution in [3.05, 3.63) is 41.3 Å². The first kappa shape index (κ1) is 13.9. The summed E-state index contributed by atoms with van der Waals surface area (Å²) in [5, 5.41) is 13.9. The topological polar surface area (TPSA) is 58.7 Å². The van der Waals surface area contributed by atoms with Crippen molar-refractivity contribution in [1.82, 2.24) is 10.1 Å². The second-order valence-electron chi connectivity index (χ2n) is 5.51. The van der Waals surface area contributed by atoms with Crippen LogP contribution in [0.15, 0.2) is 28.8 Å². The standard InChI is InChI=1S/C16H20N2O3/c1-11-8-16(21-17-11)13-4-3-7-18(13)10-12-5-6-15(20-2)14(19)9-12/h5-6,8-9,13,19H,3-4,7,10H2,1-2H3. The number of hydrogen-bond acceptors (Lipinski definition) is 5. The van der Waals surface area contributed by atoms with Gasteiger partial charge in [0.15, 0.2) is 17.3 Å². The van der Waals surface area contributed by atoms with Crippen LogP contribution in [0.4, 0.5) is 0 Å². The molecule has 1 aliphatic rings. The summed E-state index contributed by atoms with van der Waals surface area (Å²) in [7, 11) is 1.55. The van der Waals surface area contributed by atoms with Crippen LogP contribution in [0.5, 0.6) is 11.5 Å². The smallest absolute Gasteiger partial charge is 0.160 e. The maximum absolute atomic E-state index is 9.88. The molecule has 0 spiro atoms. The fourth-order valence-electron chi connectivity index (χ4n) is 2.95. The normalized spacial score (nSPS) is 19.0. The van der Waals surface area contributed by atoms with E-state index >= 15 is 0 Å². The molecule has 2 aromatic rings. The molecule has 1 N–H and O–H groups in total. The Morgan fingerprint density at radius 1 is 1.43 bits per heavy atom. The number of likely N-dealkylation sites (tertiary alicyclic amines) is 1. The zero-order valence-corrected chi connectivity index (χ0v) is 12.4. The zero-order valence-electron chi connectivity index (χ0n) is 12.4. The van der Waals surface area contributed by atoms with Crippen LogP contribution in [-0.2, 0) is 6.54 Å². The highest BCUT2D eigenvalue weighted by Crippen LogP contribution is 2.34. The van der Waals surface area contributed by atoms with Crippen molar-refractivity contribution in [3.8, 4) is 11.5 Å². The summed E-state index contributed by atoms with van der Waals surface area (Å²) in [5.74, 6) is 1.62. The molecule has 0 radical (unpaired) electrons. The van der Waals surface area contributed by atoms with Gasteiger partial charge in [0.05, 0.1) is 18.8 Å². The molecule has 1 aliphatic heterocycles. The minimum absolute atomic E-state index is 0.182. The Morgan fingerprint density at radius 2 is 2.29 bits per heavy atom. The summed E-state index contributed by atoms with van der Waals surface area (Å²) < 4.78 is 10.5. The summed E-state index contributed by atoms with van der Waals surface area (Å²) in [6.45, 7) is 3.74. The molecule has 1 saturated heterocycles. The second kappa shape index (κ2) is 5.77. The largest absolute Gasteiger partial charge is 0.504 e. The average Bonchev–Trinajstić information content (AvgIpc) is 3.08. The first-order chi connectivity index (χ1) is 10.2. The number of benzene rings is 1. The lowest BCUT2D eigenvalue weighted by Crippen LogP contribution is -2.22. The van der Waals surface area contributed by atoms with Crippen LogP contribution < -0.4 is 4.74 Å². The maximum atomic E-state index is 9.88. The fraction of sp³-hybridized carbons (Fsp3) is 0.438. The summed E-state index contributed by atoms with van der Waals surface area (Å²) in [5.41, 5.74) is 1.98. The number of aromatic hydroxyl groups is 1. The van der Waals surface area contributed by atoms with Crippen LogP contribution >= 0.6 is 0 Å². The van der Waals surface area contributed by atoms with Crippen molar-refractivity contribution in [2.24, 2.45) is 0 Å². The van der Waals surface area contributed by atoms with E-state index in [1.165, 1.54) is 0 Å². The number of aromatic nitrogens is 1. The Balaban J connectivity index is 1.75. The van der Waals surface area contributed by atoms with Gasteiger partial charge in [0.1, 0.15) is 0 Å². The van der Waals surface area contributed by atoms with Crippen LogP contribution in [0.25, 0.3) is 0 Å². The van der Waals surface area contributed by atoms with Crippen molar-refractivity contribution < 1.29 is 14.4 Å². The number of aryl methyl sites for hydroxylation is 1. The van der Waals surface area contributed by atoms with Gasteiger partial charge in [0.2, 0.25) is 0 Å². The molecule has 3 rings (SSSR count). The minimum Gasteiger partial charge on any atom is -0.504 e. The average molecular weight is 288 g/mol. The molecule has 2 heterocycles. The molecule has 5 heteroatoms. The van der Waals surface area contributed by atoms with Crippen molar-refractivity contribution in [3.63, 3.8) is 0 Å². The molecule has 112 valence electrons. The van der Waals surface area contributed by atoms with Gasteiger partial charge >= 0.3 is 0 Å². The molecule has 0 amide bonds. The van der Waals surface area contributed by atoms with Gasteiger partial charge in [0.25, 0.3) is 0 Å². The van der Waals surface area contributed by atoms with E-state index in [1.807, 2.05) is 19.1 Å². The molecule has 1 aromatic heterocycles. The predicted molar refractivity (Wildman–Crippen MR) is 78.3 cm³/mol. The third-order valence-electron chi connectivity index (χ3n) is 3.97. The Labute approximate surface area is 124 Å². The van der Waals surface area contributed by atoms with Crippen molar-refractivity contribution in [2.45, 2.75) is 32.4 Å². The van der Waals surface area contributed by atoms with Crippen LogP contribution in [0.2, 0.25) is 0 Å². The highest BCUT2D eigenvalue weighted by Gasteiger charge is 2.29. The highest BCUT2D eigenvalue weighted by molar-refractivity contribution is 5.41. The minimum atomic E-state index is 0.182. The van der Waals surface area contributed by atoms with Crippen LogP contribution in [0.1, 0.15) is 35.9 Å². The van der Waals surface area contributed by atoms with E-state index in [0.717, 1.165) is 42.9 Å². The molecular formula is C16H20N2O3. The number of rotatable bonds is 4. The number of ether oxygens (including phenoxy) is 1. The van der Waals surface area contributed by atoms with Gasteiger partial charge in [-0.3, -0.25) is 4.90 Å². The summed E-state index contributed by atoms with van der Waals surface area (Å²) in [6, 6.07) is 7.83. The number of phenolic OH excluding ortho intramolecular Hbond substituents is 1. The number of phenols is 1. The molecule has 0 bridgehead atoms. The molecule has 1 atom stereocenters. The third-order valence-corrected chi connectivity index (χ3v) is 3.97. The molecule has 21 heavy (non-hydrogen) atoms. The van der Waals surface area contributed by atoms with E-state index in [4.69, 9.17) is 9.26 Å². The highest BCUT2D eigenvalue weighted by atomic mass is 16.5. The predicted octanol–water partition coefficient (Wildman–Crippen LogP) is 3.03. The van der Waals surface area contributed by atoms with Crippen LogP contribution in [0, 0.1) is 6.92 Å². The number of methoxy groups -OCH3 is 1. The molecular weight excluding hydrogens is 268 g/mol. The van der Waals surface area contributed by atoms with E-state index in [1.54, 1.807) is 19.2 Å². The van der Waals surface area contributed by atoms with Crippen molar-refractivity contribution in [1.29, 1.82) is 0 Å². The lowest BCUT2D eigenvalue weighted by Gasteiger charge is -2.22. The van der Waals surface area contributed by atoms with Gasteiger partial charge in [-0.25, -0.2) is 0 Å². The van der Waals surface area contributed by atoms with E-state index in [0.29, 0.717) is 5.75 Å². The van der Waals surface area contributed by atoms with Gasteiger partial charge in [0, 0.05) is 12.6 Å². The second-order valence-corrected chi connectivity index (χ2v) is 5.51. The summed E-state index contributed by atoms with van der Waals surface area (Å²) >= 11 is 0. The van der Waals surface area contributed by atoms with E-state index in [2.05, 4.69) is 10.1 Å². The SMILES string of the molecule is COc1ccc(CN2CCCC2c2cc(C)no2)cc1O. The van der Waals surface area contributed by atoms with E-state index in [-0.39, 0.29) is 11.8 Å². The summed E-state index contributed by atoms with van der Waals surface area (Å²) in [4.78, 5) is 2.36. The fourth-order valence-corrected chi connectivity index (χ4v) is 2.95. The van der Waals surface area contributed by atoms with E-state index < -0.39 is 0 Å². The van der Waals surface area contributed by atoms with Crippen molar-refractivity contribution in [2.75, 3.05) is 13.7 Å². The Bertz CT molecular complexity index is 624. The van der Waals surface area contributed by atoms with Crippen molar-refractivity contribution >= 4 is 0 Å².